The van der Waals surface area contributed by atoms with E-state index in [0.717, 1.165) is 37.6 Å². The monoisotopic (exact) mass is 353 g/mol. The van der Waals surface area contributed by atoms with Crippen molar-refractivity contribution in [3.63, 3.8) is 0 Å². The first-order chi connectivity index (χ1) is 12.5. The van der Waals surface area contributed by atoms with Gasteiger partial charge in [0, 0.05) is 32.4 Å². The number of benzene rings is 1. The van der Waals surface area contributed by atoms with Crippen LogP contribution in [0.4, 0.5) is 11.6 Å². The van der Waals surface area contributed by atoms with Crippen molar-refractivity contribution in [2.24, 2.45) is 7.05 Å². The summed E-state index contributed by atoms with van der Waals surface area (Å²) >= 11 is 0. The predicted octanol–water partition coefficient (Wildman–Crippen LogP) is 2.16. The number of aromatic nitrogens is 4. The summed E-state index contributed by atoms with van der Waals surface area (Å²) in [7, 11) is 1.69. The largest absolute Gasteiger partial charge is 0.332 e. The quantitative estimate of drug-likeness (QED) is 0.724. The molecule has 2 aromatic heterocycles. The van der Waals surface area contributed by atoms with Crippen LogP contribution >= 0.6 is 0 Å². The molecule has 4 rings (SSSR count). The molecule has 7 nitrogen and oxygen atoms in total. The van der Waals surface area contributed by atoms with Gasteiger partial charge in [-0.2, -0.15) is 4.98 Å². The zero-order chi connectivity index (χ0) is 18.4. The smallest absolute Gasteiger partial charge is 0.312 e. The van der Waals surface area contributed by atoms with E-state index in [9.17, 15) is 9.59 Å². The van der Waals surface area contributed by atoms with Gasteiger partial charge in [-0.15, -0.1) is 0 Å². The third-order valence-electron chi connectivity index (χ3n) is 4.98. The predicted molar refractivity (Wildman–Crippen MR) is 102 cm³/mol. The highest BCUT2D eigenvalue weighted by Gasteiger charge is 2.26. The molecule has 0 atom stereocenters. The Morgan fingerprint density at radius 1 is 1.19 bits per heavy atom. The molecule has 0 amide bonds. The van der Waals surface area contributed by atoms with E-state index in [1.807, 2.05) is 17.6 Å². The summed E-state index contributed by atoms with van der Waals surface area (Å²) in [4.78, 5) is 32.4. The lowest BCUT2D eigenvalue weighted by atomic mass is 10.2. The minimum absolute atomic E-state index is 0.241. The van der Waals surface area contributed by atoms with E-state index < -0.39 is 0 Å². The van der Waals surface area contributed by atoms with E-state index in [2.05, 4.69) is 30.0 Å². The van der Waals surface area contributed by atoms with Crippen molar-refractivity contribution >= 4 is 22.8 Å². The second-order valence-electron chi connectivity index (χ2n) is 6.88. The molecule has 3 heterocycles. The molecular weight excluding hydrogens is 330 g/mol. The summed E-state index contributed by atoms with van der Waals surface area (Å²) in [6, 6.07) is 8.25. The number of anilines is 2. The molecule has 1 aliphatic rings. The van der Waals surface area contributed by atoms with E-state index in [1.54, 1.807) is 7.05 Å². The molecule has 0 saturated carbocycles. The molecule has 0 unspecified atom stereocenters. The lowest BCUT2D eigenvalue weighted by Crippen LogP contribution is -2.39. The van der Waals surface area contributed by atoms with Crippen LogP contribution in [0.5, 0.6) is 0 Å². The van der Waals surface area contributed by atoms with Crippen LogP contribution in [0, 0.1) is 6.92 Å². The van der Waals surface area contributed by atoms with E-state index in [-0.39, 0.29) is 11.2 Å². The molecule has 136 valence electrons. The van der Waals surface area contributed by atoms with Gasteiger partial charge in [0.15, 0.2) is 11.2 Å². The molecule has 1 aromatic carbocycles. The Morgan fingerprint density at radius 3 is 2.73 bits per heavy atom. The van der Waals surface area contributed by atoms with Crippen molar-refractivity contribution in [3.8, 4) is 0 Å². The molecule has 0 N–H and O–H groups in total. The molecular formula is C19H23N5O2. The number of rotatable bonds is 3. The molecule has 0 bridgehead atoms. The Balaban J connectivity index is 2.00. The van der Waals surface area contributed by atoms with Gasteiger partial charge in [0.05, 0.1) is 0 Å². The van der Waals surface area contributed by atoms with Gasteiger partial charge in [0.25, 0.3) is 5.56 Å². The van der Waals surface area contributed by atoms with Crippen molar-refractivity contribution in [3.05, 3.63) is 50.7 Å². The molecule has 0 aliphatic carbocycles. The zero-order valence-electron chi connectivity index (χ0n) is 15.4. The lowest BCUT2D eigenvalue weighted by molar-refractivity contribution is 0.579. The Kier molecular flexibility index (Phi) is 3.94. The van der Waals surface area contributed by atoms with Gasteiger partial charge in [0.2, 0.25) is 5.95 Å². The van der Waals surface area contributed by atoms with Gasteiger partial charge < -0.3 is 9.47 Å². The second kappa shape index (κ2) is 6.16. The van der Waals surface area contributed by atoms with Crippen LogP contribution in [0.2, 0.25) is 0 Å². The number of fused-ring (bicyclic) bond motifs is 3. The summed E-state index contributed by atoms with van der Waals surface area (Å²) in [5.41, 5.74) is 2.67. The van der Waals surface area contributed by atoms with Gasteiger partial charge in [-0.25, -0.2) is 4.79 Å². The van der Waals surface area contributed by atoms with Gasteiger partial charge in [-0.05, 0) is 37.5 Å². The van der Waals surface area contributed by atoms with E-state index in [0.29, 0.717) is 17.7 Å². The maximum absolute atomic E-state index is 13.0. The van der Waals surface area contributed by atoms with Crippen molar-refractivity contribution in [1.29, 1.82) is 0 Å². The van der Waals surface area contributed by atoms with Crippen LogP contribution in [-0.2, 0) is 20.1 Å². The normalized spacial score (nSPS) is 14.0. The molecule has 0 radical (unpaired) electrons. The van der Waals surface area contributed by atoms with Crippen LogP contribution in [-0.4, -0.2) is 25.2 Å². The van der Waals surface area contributed by atoms with E-state index in [4.69, 9.17) is 4.98 Å². The molecule has 1 aliphatic heterocycles. The zero-order valence-corrected chi connectivity index (χ0v) is 15.4. The molecule has 0 fully saturated rings. The first kappa shape index (κ1) is 16.6. The minimum Gasteiger partial charge on any atom is -0.312 e. The average Bonchev–Trinajstić information content (AvgIpc) is 3.03. The molecule has 0 spiro atoms. The maximum atomic E-state index is 13.0. The number of imidazole rings is 1. The van der Waals surface area contributed by atoms with Gasteiger partial charge in [-0.3, -0.25) is 13.9 Å². The van der Waals surface area contributed by atoms with Crippen molar-refractivity contribution in [1.82, 2.24) is 18.7 Å². The lowest BCUT2D eigenvalue weighted by Gasteiger charge is -2.29. The second-order valence-corrected chi connectivity index (χ2v) is 6.88. The highest BCUT2D eigenvalue weighted by molar-refractivity contribution is 5.77. The van der Waals surface area contributed by atoms with Crippen molar-refractivity contribution < 1.29 is 0 Å². The summed E-state index contributed by atoms with van der Waals surface area (Å²) < 4.78 is 4.78. The van der Waals surface area contributed by atoms with Crippen LogP contribution in [0.3, 0.4) is 0 Å². The van der Waals surface area contributed by atoms with Crippen LogP contribution < -0.4 is 16.1 Å². The van der Waals surface area contributed by atoms with Crippen LogP contribution in [0.25, 0.3) is 11.2 Å². The maximum Gasteiger partial charge on any atom is 0.332 e. The Bertz CT molecular complexity index is 1110. The fourth-order valence-corrected chi connectivity index (χ4v) is 3.73. The fraction of sp³-hybridized carbons (Fsp3) is 0.421. The topological polar surface area (TPSA) is 65.1 Å². The van der Waals surface area contributed by atoms with Gasteiger partial charge in [0.1, 0.15) is 0 Å². The minimum atomic E-state index is -0.304. The van der Waals surface area contributed by atoms with Gasteiger partial charge in [-0.1, -0.05) is 19.1 Å². The Morgan fingerprint density at radius 2 is 2.00 bits per heavy atom. The van der Waals surface area contributed by atoms with E-state index >= 15 is 0 Å². The Labute approximate surface area is 151 Å². The molecule has 7 heteroatoms. The number of aryl methyl sites for hydroxylation is 3. The highest BCUT2D eigenvalue weighted by atomic mass is 16.2. The average molecular weight is 353 g/mol. The first-order valence-electron chi connectivity index (χ1n) is 9.07. The standard InChI is InChI=1S/C19H23N5O2/c1-4-9-24-17(25)15-16(21(3)19(24)26)20-18-22(10-6-11-23(15)18)14-8-5-7-13(2)12-14/h5,7-8,12H,4,6,9-11H2,1-3H3. The fourth-order valence-electron chi connectivity index (χ4n) is 3.73. The summed E-state index contributed by atoms with van der Waals surface area (Å²) in [5, 5.41) is 0. The van der Waals surface area contributed by atoms with Crippen LogP contribution in [0.1, 0.15) is 25.3 Å². The van der Waals surface area contributed by atoms with Crippen molar-refractivity contribution in [2.45, 2.75) is 39.8 Å². The van der Waals surface area contributed by atoms with Gasteiger partial charge >= 0.3 is 5.69 Å². The number of nitrogens with zero attached hydrogens (tertiary/aromatic N) is 5. The molecule has 3 aromatic rings. The highest BCUT2D eigenvalue weighted by Crippen LogP contribution is 2.31. The SMILES string of the molecule is CCCn1c(=O)c2c(nc3n2CCCN3c2cccc(C)c2)n(C)c1=O. The van der Waals surface area contributed by atoms with Crippen LogP contribution in [0.15, 0.2) is 33.9 Å². The van der Waals surface area contributed by atoms with Crippen molar-refractivity contribution in [2.75, 3.05) is 11.4 Å². The number of hydrogen-bond acceptors (Lipinski definition) is 4. The first-order valence-corrected chi connectivity index (χ1v) is 9.07. The third-order valence-corrected chi connectivity index (χ3v) is 4.98. The Hall–Kier alpha value is -2.83. The summed E-state index contributed by atoms with van der Waals surface area (Å²) in [6.45, 7) is 6.01. The molecule has 26 heavy (non-hydrogen) atoms. The summed E-state index contributed by atoms with van der Waals surface area (Å²) in [6.07, 6.45) is 1.65. The van der Waals surface area contributed by atoms with E-state index in [1.165, 1.54) is 14.7 Å². The molecule has 0 saturated heterocycles. The summed E-state index contributed by atoms with van der Waals surface area (Å²) in [5.74, 6) is 0.734. The third kappa shape index (κ3) is 2.38. The number of hydrogen-bond donors (Lipinski definition) is 0.